The maximum Gasteiger partial charge on any atom is 0.256 e. The second-order valence-corrected chi connectivity index (χ2v) is 43.3. The molecule has 12 aromatic carbocycles. The summed E-state index contributed by atoms with van der Waals surface area (Å²) in [6, 6.07) is 107. The molecule has 18 nitrogen and oxygen atoms in total. The normalized spacial score (nSPS) is 14.1. The van der Waals surface area contributed by atoms with Crippen molar-refractivity contribution in [1.29, 1.82) is 26.3 Å². The van der Waals surface area contributed by atoms with E-state index in [1.54, 1.807) is 0 Å². The van der Waals surface area contributed by atoms with Gasteiger partial charge >= 0.3 is 0 Å². The van der Waals surface area contributed by atoms with Crippen molar-refractivity contribution in [3.63, 3.8) is 0 Å². The molecule has 27 heteroatoms. The monoisotopic (exact) mass is 2630 g/mol. The molecule has 6 aliphatic rings. The number of aryl methyl sites for hydroxylation is 1. The summed E-state index contributed by atoms with van der Waals surface area (Å²) in [5.41, 5.74) is 22.4. The molecular formula is C119H121Br5I3N15O3V. The molecule has 3 aliphatic heterocycles. The van der Waals surface area contributed by atoms with Crippen molar-refractivity contribution in [3.8, 4) is 108 Å². The van der Waals surface area contributed by atoms with Crippen LogP contribution < -0.4 is 5.32 Å². The second-order valence-electron chi connectivity index (χ2n) is 35.4. The van der Waals surface area contributed by atoms with Crippen LogP contribution in [0.4, 0.5) is 0 Å². The van der Waals surface area contributed by atoms with Crippen molar-refractivity contribution < 1.29 is 32.9 Å². The summed E-state index contributed by atoms with van der Waals surface area (Å²) in [5.74, 6) is 4.00. The van der Waals surface area contributed by atoms with Gasteiger partial charge in [0.15, 0.2) is 2.14 Å². The number of unbranched alkanes of at least 4 members (excludes halogenated alkanes) is 3. The summed E-state index contributed by atoms with van der Waals surface area (Å²) in [6.45, 7) is 9.71. The molecular weight excluding hydrogens is 2520 g/mol. The van der Waals surface area contributed by atoms with Crippen LogP contribution >= 0.6 is 141 Å². The molecule has 2 N–H and O–H groups in total. The number of aromatic amines is 1. The van der Waals surface area contributed by atoms with E-state index in [-0.39, 0.29) is 80.6 Å². The number of carbonyl (C=O) groups excluding carboxylic acids is 3. The average molecular weight is 2640 g/mol. The van der Waals surface area contributed by atoms with Gasteiger partial charge in [-0.25, -0.2) is 0 Å². The van der Waals surface area contributed by atoms with Gasteiger partial charge in [0.25, 0.3) is 17.7 Å². The number of tetrazole rings is 1. The number of hydrogen-bond acceptors (Lipinski definition) is 14. The minimum Gasteiger partial charge on any atom is -0.312 e. The first-order valence-corrected chi connectivity index (χ1v) is 59.0. The standard InChI is InChI=1S/C25H28N6O.C25H27N3O.C14H8Br3N.2C14H10BrN.C14H11N.C11H18N2O.2CH4.I2.HI.V/c1-2-3-10-22-26-25(15-6-7-16-25)24(32)31(22)17-18-11-13-19(14-12-18)20-8-4-5-9-21(20)23-27-29-30-28-23;1-2-3-10-23-27-25(15-6-7-16-25)24(29)28(23)18-19-11-13-20(14-12-19)22-9-5-4-8-21(22)17-26;15-14(16,17)12-7-5-10(6-8-12)13-4-2-1-3-11(13)9-18;2*15-9-11-5-7-12(8-6-11)14-4-2-1-3-13(14)10-16;1-11-6-8-12(9-7-11)14-5-3-2-4-13(14)10-15;1-2-3-6-9-12-10(14)11(13-9)7-4-5-8-11;;;1-2;;/h4-5,8-9,11-14H,2-3,6-7,10,15-17H2,1H3,(H,27,28,29,30);4-5,8-9,11-14H,2-3,6-7,10,15-16,18H2,1H3;1-8H;2*1-8H,9H2;2-9H,1H3;2-8H2,1H3,(H,12,13,14);2*1H4;;1H;. The van der Waals surface area contributed by atoms with Crippen molar-refractivity contribution >= 4 is 176 Å². The van der Waals surface area contributed by atoms with Gasteiger partial charge in [-0.1, -0.05) is 439 Å². The molecule has 1 radical (unpaired) electrons. The van der Waals surface area contributed by atoms with Crippen LogP contribution in [0, 0.1) is 63.6 Å². The molecule has 19 rings (SSSR count). The Morgan fingerprint density at radius 2 is 0.658 bits per heavy atom. The molecule has 3 spiro atoms. The van der Waals surface area contributed by atoms with Crippen LogP contribution in [-0.4, -0.2) is 82.3 Å². The third-order valence-electron chi connectivity index (χ3n) is 25.9. The third-order valence-corrected chi connectivity index (χ3v) is 28.5. The fraction of sp³-hybridized carbons (Fsp3) is 0.294. The van der Waals surface area contributed by atoms with Crippen LogP contribution in [0.15, 0.2) is 306 Å². The largest absolute Gasteiger partial charge is 0.312 e. The predicted octanol–water partition coefficient (Wildman–Crippen LogP) is 33.2. The fourth-order valence-electron chi connectivity index (χ4n) is 18.2. The van der Waals surface area contributed by atoms with Crippen molar-refractivity contribution in [1.82, 2.24) is 35.7 Å². The van der Waals surface area contributed by atoms with E-state index < -0.39 is 13.2 Å². The van der Waals surface area contributed by atoms with Gasteiger partial charge in [0.1, 0.15) is 34.1 Å². The van der Waals surface area contributed by atoms with Crippen LogP contribution in [0.1, 0.15) is 232 Å². The number of nitriles is 5. The van der Waals surface area contributed by atoms with Crippen molar-refractivity contribution in [2.75, 3.05) is 0 Å². The minimum atomic E-state index is -0.480. The second kappa shape index (κ2) is 61.0. The van der Waals surface area contributed by atoms with Crippen LogP contribution in [0.3, 0.4) is 0 Å². The predicted molar refractivity (Wildman–Crippen MR) is 637 cm³/mol. The van der Waals surface area contributed by atoms with Gasteiger partial charge < -0.3 is 5.32 Å². The third kappa shape index (κ3) is 32.2. The maximum atomic E-state index is 13.4. The first-order valence-electron chi connectivity index (χ1n) is 48.0. The van der Waals surface area contributed by atoms with E-state index in [4.69, 9.17) is 31.0 Å². The average Bonchev–Trinajstić information content (AvgIpc) is 1.61. The molecule has 3 aliphatic carbocycles. The number of rotatable bonds is 22. The van der Waals surface area contributed by atoms with E-state index in [1.807, 2.05) is 222 Å². The Morgan fingerprint density at radius 3 is 0.959 bits per heavy atom. The zero-order valence-corrected chi connectivity index (χ0v) is 96.9. The number of amidine groups is 3. The van der Waals surface area contributed by atoms with Crippen molar-refractivity contribution in [3.05, 3.63) is 352 Å². The number of nitrogens with one attached hydrogen (secondary N) is 2. The number of alkyl halides is 5. The Balaban J connectivity index is 0.000000211. The van der Waals surface area contributed by atoms with Gasteiger partial charge in [0.2, 0.25) is 5.82 Å². The number of amides is 3. The van der Waals surface area contributed by atoms with Gasteiger partial charge in [-0.2, -0.15) is 31.5 Å². The Bertz CT molecular complexity index is 6630. The molecule has 751 valence electrons. The summed E-state index contributed by atoms with van der Waals surface area (Å²) in [6.07, 6.45) is 21.4. The number of aromatic nitrogens is 4. The molecule has 3 saturated carbocycles. The zero-order valence-electron chi connectivity index (χ0n) is 80.9. The van der Waals surface area contributed by atoms with Gasteiger partial charge in [-0.05, 0) is 195 Å². The Hall–Kier alpha value is -10.2. The summed E-state index contributed by atoms with van der Waals surface area (Å²) in [7, 11) is 0. The fourth-order valence-corrected chi connectivity index (χ4v) is 19.7. The summed E-state index contributed by atoms with van der Waals surface area (Å²) in [4.78, 5) is 56.8. The smallest absolute Gasteiger partial charge is 0.256 e. The Morgan fingerprint density at radius 1 is 0.377 bits per heavy atom. The minimum absolute atomic E-state index is 0. The van der Waals surface area contributed by atoms with Crippen LogP contribution in [0.2, 0.25) is 0 Å². The van der Waals surface area contributed by atoms with Gasteiger partial charge in [0, 0.05) is 91.3 Å². The molecule has 3 fully saturated rings. The quantitative estimate of drug-likeness (QED) is 0.0475. The van der Waals surface area contributed by atoms with Crippen LogP contribution in [0.25, 0.3) is 78.1 Å². The topological polar surface area (TPSA) is 280 Å². The summed E-state index contributed by atoms with van der Waals surface area (Å²) >= 11 is 21.5. The zero-order chi connectivity index (χ0) is 101. The van der Waals surface area contributed by atoms with E-state index in [0.29, 0.717) is 41.2 Å². The van der Waals surface area contributed by atoms with E-state index >= 15 is 0 Å². The number of benzene rings is 12. The molecule has 146 heavy (non-hydrogen) atoms. The van der Waals surface area contributed by atoms with E-state index in [2.05, 4.69) is 285 Å². The van der Waals surface area contributed by atoms with Gasteiger partial charge in [0.05, 0.1) is 71.3 Å². The number of aliphatic imine (C=N–C) groups is 3. The van der Waals surface area contributed by atoms with E-state index in [0.717, 1.165) is 258 Å². The van der Waals surface area contributed by atoms with Gasteiger partial charge in [-0.3, -0.25) is 39.2 Å². The summed E-state index contributed by atoms with van der Waals surface area (Å²) < 4.78 is -0.403. The number of nitrogens with zero attached hydrogens (tertiary/aromatic N) is 13. The van der Waals surface area contributed by atoms with Crippen LogP contribution in [-0.2, 0) is 58.8 Å². The molecule has 0 unspecified atom stereocenters. The molecule has 0 saturated heterocycles. The first-order chi connectivity index (χ1) is 69.2. The molecule has 1 aromatic heterocycles. The van der Waals surface area contributed by atoms with Crippen molar-refractivity contribution in [2.45, 2.75) is 220 Å². The molecule has 0 bridgehead atoms. The van der Waals surface area contributed by atoms with Crippen molar-refractivity contribution in [2.24, 2.45) is 15.0 Å². The molecule has 0 atom stereocenters. The number of carbonyl (C=O) groups is 3. The Labute approximate surface area is 956 Å². The summed E-state index contributed by atoms with van der Waals surface area (Å²) in [5, 5.41) is 64.6. The van der Waals surface area contributed by atoms with E-state index in [9.17, 15) is 19.6 Å². The SMILES string of the molecule is C.C.CCCCC1=NC2(CCCC2)C(=O)N1.CCCCC1=NC2(CCCC2)C(=O)N1Cc1ccc(-c2ccccc2-c2nn[nH]n2)cc1.CCCCC1=NC2(CCCC2)C(=O)N1Cc1ccc(-c2ccccc2C#N)cc1.Cc1ccc(-c2ccccc2C#N)cc1.I.II.N#Cc1ccccc1-c1ccc(C(Br)(Br)Br)cc1.N#Cc1ccccc1-c1ccc(CBr)cc1.N#Cc1ccccc1-c1ccc(CBr)cc1.[V]. The maximum absolute atomic E-state index is 13.4. The van der Waals surface area contributed by atoms with Crippen LogP contribution in [0.5, 0.6) is 0 Å². The molecule has 4 heterocycles. The number of H-pyrrole nitrogens is 1. The first kappa shape index (κ1) is 121. The number of hydrogen-bond donors (Lipinski definition) is 2. The molecule has 13 aromatic rings. The number of halogens is 8. The van der Waals surface area contributed by atoms with E-state index in [1.165, 1.54) is 16.7 Å². The molecule has 3 amide bonds. The Kier molecular flexibility index (Phi) is 50.6. The van der Waals surface area contributed by atoms with Gasteiger partial charge in [-0.15, -0.1) is 34.2 Å².